The van der Waals surface area contributed by atoms with Crippen molar-refractivity contribution in [2.75, 3.05) is 12.8 Å². The predicted molar refractivity (Wildman–Crippen MR) is 47.0 cm³/mol. The van der Waals surface area contributed by atoms with E-state index in [-0.39, 0.29) is 0 Å². The predicted octanol–water partition coefficient (Wildman–Crippen LogP) is 2.25. The van der Waals surface area contributed by atoms with E-state index in [1.54, 1.807) is 12.1 Å². The highest BCUT2D eigenvalue weighted by molar-refractivity contribution is 5.63. The van der Waals surface area contributed by atoms with Crippen LogP contribution in [-0.2, 0) is 0 Å². The smallest absolute Gasteiger partial charge is 0.143 e. The van der Waals surface area contributed by atoms with Crippen LogP contribution in [0, 0.1) is 12.5 Å². The second kappa shape index (κ2) is 3.21. The van der Waals surface area contributed by atoms with E-state index in [2.05, 4.69) is 5.11 Å². The van der Waals surface area contributed by atoms with Crippen molar-refractivity contribution in [1.29, 1.82) is 5.53 Å². The van der Waals surface area contributed by atoms with Crippen LogP contribution in [0.3, 0.4) is 0 Å². The summed E-state index contributed by atoms with van der Waals surface area (Å²) in [6.07, 6.45) is 0. The lowest BCUT2D eigenvalue weighted by Crippen LogP contribution is -1.92. The standard InChI is InChI=1S/C8H11N3O/c1-5-3-6(9)8(12-2)4-7(5)11-10/h3-4,10H,9H2,1-2H3. The Hall–Kier alpha value is -1.58. The molecular formula is C8H11N3O. The Kier molecular flexibility index (Phi) is 2.28. The van der Waals surface area contributed by atoms with Crippen molar-refractivity contribution >= 4 is 11.4 Å². The van der Waals surface area contributed by atoms with Crippen LogP contribution in [0.4, 0.5) is 11.4 Å². The van der Waals surface area contributed by atoms with Gasteiger partial charge in [0.05, 0.1) is 18.5 Å². The molecule has 0 aliphatic rings. The SMILES string of the molecule is COc1cc(N=N)c(C)cc1N. The van der Waals surface area contributed by atoms with Crippen LogP contribution in [0.25, 0.3) is 0 Å². The fourth-order valence-corrected chi connectivity index (χ4v) is 0.997. The number of nitrogens with two attached hydrogens (primary N) is 1. The van der Waals surface area contributed by atoms with E-state index in [0.717, 1.165) is 5.56 Å². The molecule has 1 rings (SSSR count). The number of benzene rings is 1. The molecule has 64 valence electrons. The van der Waals surface area contributed by atoms with Gasteiger partial charge in [0.25, 0.3) is 0 Å². The highest BCUT2D eigenvalue weighted by Crippen LogP contribution is 2.30. The first-order valence-corrected chi connectivity index (χ1v) is 3.50. The quantitative estimate of drug-likeness (QED) is 0.521. The van der Waals surface area contributed by atoms with E-state index < -0.39 is 0 Å². The van der Waals surface area contributed by atoms with Crippen LogP contribution in [0.1, 0.15) is 5.56 Å². The minimum Gasteiger partial charge on any atom is -0.495 e. The van der Waals surface area contributed by atoms with Crippen LogP contribution in [-0.4, -0.2) is 7.11 Å². The largest absolute Gasteiger partial charge is 0.495 e. The molecule has 0 heterocycles. The molecule has 0 radical (unpaired) electrons. The number of nitrogens with zero attached hydrogens (tertiary/aromatic N) is 1. The van der Waals surface area contributed by atoms with Crippen molar-refractivity contribution in [3.8, 4) is 5.75 Å². The summed E-state index contributed by atoms with van der Waals surface area (Å²) in [6.45, 7) is 1.85. The zero-order valence-electron chi connectivity index (χ0n) is 7.09. The highest BCUT2D eigenvalue weighted by Gasteiger charge is 2.03. The van der Waals surface area contributed by atoms with Crippen molar-refractivity contribution in [3.05, 3.63) is 17.7 Å². The molecule has 0 aromatic heterocycles. The summed E-state index contributed by atoms with van der Waals surface area (Å²) in [5, 5.41) is 3.33. The second-order valence-electron chi connectivity index (χ2n) is 2.49. The molecule has 0 saturated carbocycles. The minimum atomic E-state index is 0.562. The maximum Gasteiger partial charge on any atom is 0.143 e. The Morgan fingerprint density at radius 2 is 2.17 bits per heavy atom. The summed E-state index contributed by atoms with van der Waals surface area (Å²) in [5.41, 5.74) is 14.5. The van der Waals surface area contributed by atoms with Gasteiger partial charge in [0.2, 0.25) is 0 Å². The zero-order chi connectivity index (χ0) is 9.14. The van der Waals surface area contributed by atoms with Gasteiger partial charge in [-0.2, -0.15) is 5.11 Å². The van der Waals surface area contributed by atoms with E-state index in [1.165, 1.54) is 7.11 Å². The molecule has 1 aromatic carbocycles. The maximum absolute atomic E-state index is 6.86. The first-order valence-electron chi connectivity index (χ1n) is 3.50. The molecule has 4 heteroatoms. The topological polar surface area (TPSA) is 71.5 Å². The van der Waals surface area contributed by atoms with Gasteiger partial charge < -0.3 is 10.5 Å². The average molecular weight is 165 g/mol. The molecule has 0 aliphatic heterocycles. The maximum atomic E-state index is 6.86. The molecular weight excluding hydrogens is 154 g/mol. The zero-order valence-corrected chi connectivity index (χ0v) is 7.09. The Labute approximate surface area is 70.9 Å². The number of ether oxygens (including phenoxy) is 1. The van der Waals surface area contributed by atoms with Crippen molar-refractivity contribution in [2.24, 2.45) is 5.11 Å². The molecule has 0 bridgehead atoms. The van der Waals surface area contributed by atoms with Crippen molar-refractivity contribution in [1.82, 2.24) is 0 Å². The van der Waals surface area contributed by atoms with Gasteiger partial charge in [-0.25, -0.2) is 5.53 Å². The Bertz CT molecular complexity index is 309. The van der Waals surface area contributed by atoms with Gasteiger partial charge >= 0.3 is 0 Å². The van der Waals surface area contributed by atoms with Crippen LogP contribution < -0.4 is 10.5 Å². The third kappa shape index (κ3) is 1.37. The minimum absolute atomic E-state index is 0.562. The fourth-order valence-electron chi connectivity index (χ4n) is 0.997. The molecule has 0 amide bonds. The highest BCUT2D eigenvalue weighted by atomic mass is 16.5. The lowest BCUT2D eigenvalue weighted by molar-refractivity contribution is 0.417. The van der Waals surface area contributed by atoms with Crippen molar-refractivity contribution in [2.45, 2.75) is 6.92 Å². The molecule has 1 aromatic rings. The number of hydrogen-bond acceptors (Lipinski definition) is 4. The molecule has 3 N–H and O–H groups in total. The molecule has 0 unspecified atom stereocenters. The first kappa shape index (κ1) is 8.52. The van der Waals surface area contributed by atoms with E-state index in [0.29, 0.717) is 17.1 Å². The number of rotatable bonds is 2. The van der Waals surface area contributed by atoms with E-state index in [1.807, 2.05) is 6.92 Å². The summed E-state index contributed by atoms with van der Waals surface area (Å²) in [7, 11) is 1.54. The van der Waals surface area contributed by atoms with Gasteiger partial charge in [-0.15, -0.1) is 0 Å². The van der Waals surface area contributed by atoms with Crippen LogP contribution >= 0.6 is 0 Å². The number of hydrogen-bond donors (Lipinski definition) is 2. The van der Waals surface area contributed by atoms with Gasteiger partial charge in [0, 0.05) is 6.07 Å². The average Bonchev–Trinajstić information content (AvgIpc) is 2.05. The number of anilines is 1. The van der Waals surface area contributed by atoms with Gasteiger partial charge in [-0.1, -0.05) is 0 Å². The monoisotopic (exact) mass is 165 g/mol. The lowest BCUT2D eigenvalue weighted by Gasteiger charge is -2.06. The van der Waals surface area contributed by atoms with Gasteiger partial charge in [-0.3, -0.25) is 0 Å². The van der Waals surface area contributed by atoms with Gasteiger partial charge in [-0.05, 0) is 18.6 Å². The summed E-state index contributed by atoms with van der Waals surface area (Å²) in [6, 6.07) is 3.39. The summed E-state index contributed by atoms with van der Waals surface area (Å²) in [4.78, 5) is 0. The van der Waals surface area contributed by atoms with E-state index >= 15 is 0 Å². The number of aryl methyl sites for hydroxylation is 1. The Balaban J connectivity index is 3.26. The van der Waals surface area contributed by atoms with E-state index in [9.17, 15) is 0 Å². The first-order chi connectivity index (χ1) is 5.69. The third-order valence-corrected chi connectivity index (χ3v) is 1.67. The molecule has 0 atom stereocenters. The Morgan fingerprint density at radius 1 is 1.50 bits per heavy atom. The molecule has 0 aliphatic carbocycles. The van der Waals surface area contributed by atoms with Crippen LogP contribution in [0.5, 0.6) is 5.75 Å². The molecule has 4 nitrogen and oxygen atoms in total. The summed E-state index contributed by atoms with van der Waals surface area (Å²) >= 11 is 0. The summed E-state index contributed by atoms with van der Waals surface area (Å²) in [5.74, 6) is 0.562. The number of nitrogen functional groups attached to an aromatic ring is 1. The lowest BCUT2D eigenvalue weighted by atomic mass is 10.1. The van der Waals surface area contributed by atoms with Crippen LogP contribution in [0.2, 0.25) is 0 Å². The molecule has 12 heavy (non-hydrogen) atoms. The van der Waals surface area contributed by atoms with Crippen molar-refractivity contribution < 1.29 is 4.74 Å². The van der Waals surface area contributed by atoms with Crippen LogP contribution in [0.15, 0.2) is 17.2 Å². The van der Waals surface area contributed by atoms with Gasteiger partial charge in [0.1, 0.15) is 5.75 Å². The number of nitrogens with one attached hydrogen (secondary N) is 1. The fraction of sp³-hybridized carbons (Fsp3) is 0.250. The number of methoxy groups -OCH3 is 1. The van der Waals surface area contributed by atoms with E-state index in [4.69, 9.17) is 16.0 Å². The molecule has 0 spiro atoms. The third-order valence-electron chi connectivity index (χ3n) is 1.67. The molecule has 0 fully saturated rings. The Morgan fingerprint density at radius 3 is 2.67 bits per heavy atom. The molecule has 0 saturated heterocycles. The second-order valence-corrected chi connectivity index (χ2v) is 2.49. The summed E-state index contributed by atoms with van der Waals surface area (Å²) < 4.78 is 4.97. The van der Waals surface area contributed by atoms with Crippen molar-refractivity contribution in [3.63, 3.8) is 0 Å². The normalized spacial score (nSPS) is 9.50. The van der Waals surface area contributed by atoms with Gasteiger partial charge in [0.15, 0.2) is 0 Å².